The Morgan fingerprint density at radius 2 is 2.03 bits per heavy atom. The summed E-state index contributed by atoms with van der Waals surface area (Å²) in [6.45, 7) is 6.58. The van der Waals surface area contributed by atoms with Crippen molar-refractivity contribution >= 4 is 16.7 Å². The molecule has 0 saturated carbocycles. The van der Waals surface area contributed by atoms with Crippen LogP contribution in [-0.4, -0.2) is 64.0 Å². The van der Waals surface area contributed by atoms with Gasteiger partial charge in [0.2, 0.25) is 5.95 Å². The molecule has 9 heteroatoms. The summed E-state index contributed by atoms with van der Waals surface area (Å²) < 4.78 is 6.71. The van der Waals surface area contributed by atoms with Crippen LogP contribution in [0.5, 0.6) is 0 Å². The van der Waals surface area contributed by atoms with Gasteiger partial charge in [0.05, 0.1) is 36.5 Å². The molecule has 1 aliphatic heterocycles. The molecule has 4 rings (SSSR count). The highest BCUT2D eigenvalue weighted by molar-refractivity contribution is 5.80. The first-order chi connectivity index (χ1) is 14.1. The van der Waals surface area contributed by atoms with Gasteiger partial charge in [-0.15, -0.1) is 0 Å². The Hall–Kier alpha value is -3.04. The fourth-order valence-electron chi connectivity index (χ4n) is 3.44. The Morgan fingerprint density at radius 3 is 2.86 bits per heavy atom. The van der Waals surface area contributed by atoms with Crippen LogP contribution in [0.1, 0.15) is 18.7 Å². The largest absolute Gasteiger partial charge is 0.379 e. The van der Waals surface area contributed by atoms with E-state index in [1.54, 1.807) is 12.3 Å². The number of rotatable bonds is 6. The molecule has 0 amide bonds. The predicted octanol–water partition coefficient (Wildman–Crippen LogP) is 0.833. The number of fused-ring (bicyclic) bond motifs is 1. The first-order valence-electron chi connectivity index (χ1n) is 9.73. The van der Waals surface area contributed by atoms with Gasteiger partial charge < -0.3 is 10.1 Å². The van der Waals surface area contributed by atoms with Crippen molar-refractivity contribution in [2.45, 2.75) is 13.0 Å². The third-order valence-electron chi connectivity index (χ3n) is 5.10. The number of benzene rings is 1. The van der Waals surface area contributed by atoms with Crippen LogP contribution in [0.25, 0.3) is 10.8 Å². The summed E-state index contributed by atoms with van der Waals surface area (Å²) in [5.41, 5.74) is -0.00317. The van der Waals surface area contributed by atoms with Gasteiger partial charge in [-0.25, -0.2) is 9.67 Å². The van der Waals surface area contributed by atoms with Crippen LogP contribution < -0.4 is 16.4 Å². The van der Waals surface area contributed by atoms with Gasteiger partial charge >= 0.3 is 0 Å². The van der Waals surface area contributed by atoms with Crippen LogP contribution in [0, 0.1) is 0 Å². The van der Waals surface area contributed by atoms with Crippen molar-refractivity contribution < 1.29 is 4.74 Å². The number of aromatic amines is 1. The van der Waals surface area contributed by atoms with E-state index >= 15 is 0 Å². The van der Waals surface area contributed by atoms with Crippen LogP contribution in [0.4, 0.5) is 5.95 Å². The Bertz CT molecular complexity index is 1100. The number of anilines is 1. The zero-order chi connectivity index (χ0) is 20.2. The molecule has 1 unspecified atom stereocenters. The number of hydrogen-bond acceptors (Lipinski definition) is 7. The van der Waals surface area contributed by atoms with Gasteiger partial charge in [-0.1, -0.05) is 18.2 Å². The first-order valence-corrected chi connectivity index (χ1v) is 9.73. The molecule has 2 aromatic heterocycles. The monoisotopic (exact) mass is 396 g/mol. The second kappa shape index (κ2) is 8.54. The SMILES string of the molecule is CC(c1cc(=O)[nH]c(NCCN2CCOCC2)n1)n1ncc2ccccc2c1=O. The molecule has 3 heterocycles. The van der Waals surface area contributed by atoms with Gasteiger partial charge in [0.1, 0.15) is 0 Å². The van der Waals surface area contributed by atoms with E-state index in [4.69, 9.17) is 4.74 Å². The summed E-state index contributed by atoms with van der Waals surface area (Å²) in [5.74, 6) is 0.390. The molecule has 3 aromatic rings. The number of nitrogens with zero attached hydrogens (tertiary/aromatic N) is 4. The molecule has 29 heavy (non-hydrogen) atoms. The maximum Gasteiger partial charge on any atom is 0.275 e. The molecule has 0 spiro atoms. The maximum absolute atomic E-state index is 12.8. The van der Waals surface area contributed by atoms with E-state index in [9.17, 15) is 9.59 Å². The van der Waals surface area contributed by atoms with Crippen LogP contribution in [0.15, 0.2) is 46.1 Å². The lowest BCUT2D eigenvalue weighted by Gasteiger charge is -2.26. The topological polar surface area (TPSA) is 105 Å². The predicted molar refractivity (Wildman–Crippen MR) is 110 cm³/mol. The summed E-state index contributed by atoms with van der Waals surface area (Å²) in [7, 11) is 0. The van der Waals surface area contributed by atoms with Gasteiger partial charge in [-0.05, 0) is 13.0 Å². The van der Waals surface area contributed by atoms with E-state index in [1.165, 1.54) is 10.7 Å². The van der Waals surface area contributed by atoms with Crippen LogP contribution in [0.2, 0.25) is 0 Å². The van der Waals surface area contributed by atoms with Crippen molar-refractivity contribution in [1.82, 2.24) is 24.6 Å². The smallest absolute Gasteiger partial charge is 0.275 e. The molecule has 1 fully saturated rings. The number of aromatic nitrogens is 4. The van der Waals surface area contributed by atoms with E-state index in [1.807, 2.05) is 25.1 Å². The lowest BCUT2D eigenvalue weighted by molar-refractivity contribution is 0.0398. The van der Waals surface area contributed by atoms with Crippen molar-refractivity contribution in [3.05, 3.63) is 62.9 Å². The molecule has 9 nitrogen and oxygen atoms in total. The number of hydrogen-bond donors (Lipinski definition) is 2. The van der Waals surface area contributed by atoms with E-state index in [0.29, 0.717) is 23.6 Å². The van der Waals surface area contributed by atoms with E-state index in [2.05, 4.69) is 25.3 Å². The normalized spacial score (nSPS) is 16.0. The fraction of sp³-hybridized carbons (Fsp3) is 0.400. The average molecular weight is 396 g/mol. The molecule has 0 radical (unpaired) electrons. The minimum Gasteiger partial charge on any atom is -0.379 e. The number of H-pyrrole nitrogens is 1. The highest BCUT2D eigenvalue weighted by atomic mass is 16.5. The minimum atomic E-state index is -0.478. The number of ether oxygens (including phenoxy) is 1. The van der Waals surface area contributed by atoms with E-state index < -0.39 is 6.04 Å². The quantitative estimate of drug-likeness (QED) is 0.636. The van der Waals surface area contributed by atoms with Gasteiger partial charge in [0, 0.05) is 37.6 Å². The number of nitrogens with one attached hydrogen (secondary N) is 2. The Morgan fingerprint density at radius 1 is 1.24 bits per heavy atom. The Labute approximate surface area is 167 Å². The third-order valence-corrected chi connectivity index (χ3v) is 5.10. The zero-order valence-corrected chi connectivity index (χ0v) is 16.3. The molecule has 2 N–H and O–H groups in total. The molecular formula is C20H24N6O3. The van der Waals surface area contributed by atoms with Crippen molar-refractivity contribution in [1.29, 1.82) is 0 Å². The van der Waals surface area contributed by atoms with Crippen molar-refractivity contribution in [2.24, 2.45) is 0 Å². The van der Waals surface area contributed by atoms with E-state index in [-0.39, 0.29) is 11.1 Å². The fourth-order valence-corrected chi connectivity index (χ4v) is 3.44. The van der Waals surface area contributed by atoms with E-state index in [0.717, 1.165) is 38.2 Å². The molecule has 1 atom stereocenters. The molecule has 0 bridgehead atoms. The van der Waals surface area contributed by atoms with Crippen LogP contribution >= 0.6 is 0 Å². The molecule has 1 saturated heterocycles. The second-order valence-electron chi connectivity index (χ2n) is 7.06. The van der Waals surface area contributed by atoms with Crippen molar-refractivity contribution in [3.63, 3.8) is 0 Å². The zero-order valence-electron chi connectivity index (χ0n) is 16.3. The number of morpholine rings is 1. The molecule has 152 valence electrons. The summed E-state index contributed by atoms with van der Waals surface area (Å²) in [6, 6.07) is 8.23. The molecule has 1 aromatic carbocycles. The highest BCUT2D eigenvalue weighted by Crippen LogP contribution is 2.14. The van der Waals surface area contributed by atoms with Crippen molar-refractivity contribution in [2.75, 3.05) is 44.7 Å². The maximum atomic E-state index is 12.8. The highest BCUT2D eigenvalue weighted by Gasteiger charge is 2.16. The molecule has 1 aliphatic rings. The van der Waals surface area contributed by atoms with Gasteiger partial charge in [0.25, 0.3) is 11.1 Å². The summed E-state index contributed by atoms with van der Waals surface area (Å²) >= 11 is 0. The van der Waals surface area contributed by atoms with Gasteiger partial charge in [-0.2, -0.15) is 5.10 Å². The first kappa shape index (κ1) is 19.3. The minimum absolute atomic E-state index is 0.209. The Balaban J connectivity index is 1.53. The lowest BCUT2D eigenvalue weighted by atomic mass is 10.2. The molecule has 0 aliphatic carbocycles. The van der Waals surface area contributed by atoms with Crippen molar-refractivity contribution in [3.8, 4) is 0 Å². The third kappa shape index (κ3) is 4.36. The second-order valence-corrected chi connectivity index (χ2v) is 7.06. The van der Waals surface area contributed by atoms with Gasteiger partial charge in [-0.3, -0.25) is 19.5 Å². The van der Waals surface area contributed by atoms with Crippen LogP contribution in [0.3, 0.4) is 0 Å². The Kier molecular flexibility index (Phi) is 5.68. The average Bonchev–Trinajstić information content (AvgIpc) is 2.74. The van der Waals surface area contributed by atoms with Gasteiger partial charge in [0.15, 0.2) is 0 Å². The van der Waals surface area contributed by atoms with Crippen LogP contribution in [-0.2, 0) is 4.74 Å². The summed E-state index contributed by atoms with van der Waals surface area (Å²) in [5, 5.41) is 8.81. The standard InChI is InChI=1S/C20H24N6O3/c1-14(26-19(28)16-5-3-2-4-15(16)13-22-26)17-12-18(27)24-20(23-17)21-6-7-25-8-10-29-11-9-25/h2-5,12-14H,6-11H2,1H3,(H2,21,23,24,27). The molecular weight excluding hydrogens is 372 g/mol. The summed E-state index contributed by atoms with van der Waals surface area (Å²) in [6.07, 6.45) is 1.65. The lowest BCUT2D eigenvalue weighted by Crippen LogP contribution is -2.39. The summed E-state index contributed by atoms with van der Waals surface area (Å²) in [4.78, 5) is 34.5.